The van der Waals surface area contributed by atoms with E-state index in [-0.39, 0.29) is 17.1 Å². The number of aromatic carboxylic acids is 1. The van der Waals surface area contributed by atoms with Gasteiger partial charge in [-0.1, -0.05) is 13.0 Å². The van der Waals surface area contributed by atoms with E-state index in [0.29, 0.717) is 11.4 Å². The van der Waals surface area contributed by atoms with Crippen LogP contribution in [0, 0.1) is 5.92 Å². The monoisotopic (exact) mass is 274 g/mol. The standard InChI is InChI=1S/C14H14N2O4/c1-7-5-8(6-7)16-10-4-2-3-9(14(19)20)11(10)15-12(17)13(16)18/h2-4,7-8H,5-6H2,1H3,(H,15,17)(H,19,20). The zero-order valence-corrected chi connectivity index (χ0v) is 10.9. The van der Waals surface area contributed by atoms with Crippen molar-refractivity contribution in [3.05, 3.63) is 44.5 Å². The number of aromatic nitrogens is 2. The highest BCUT2D eigenvalue weighted by Crippen LogP contribution is 2.37. The minimum Gasteiger partial charge on any atom is -0.478 e. The SMILES string of the molecule is CC1CC(n2c(=O)c(=O)[nH]c3c(C(=O)O)cccc32)C1. The number of carboxylic acids is 1. The molecule has 20 heavy (non-hydrogen) atoms. The lowest BCUT2D eigenvalue weighted by Gasteiger charge is -2.34. The lowest BCUT2D eigenvalue weighted by molar-refractivity contribution is 0.0698. The van der Waals surface area contributed by atoms with Crippen LogP contribution in [0.1, 0.15) is 36.2 Å². The van der Waals surface area contributed by atoms with Crippen LogP contribution in [0.2, 0.25) is 0 Å². The number of H-pyrrole nitrogens is 1. The van der Waals surface area contributed by atoms with Gasteiger partial charge < -0.3 is 10.1 Å². The Bertz CT molecular complexity index is 812. The van der Waals surface area contributed by atoms with Crippen molar-refractivity contribution in [1.82, 2.24) is 9.55 Å². The predicted octanol–water partition coefficient (Wildman–Crippen LogP) is 1.36. The second-order valence-electron chi connectivity index (χ2n) is 5.36. The van der Waals surface area contributed by atoms with Crippen molar-refractivity contribution < 1.29 is 9.90 Å². The summed E-state index contributed by atoms with van der Waals surface area (Å²) in [6.45, 7) is 2.08. The minimum absolute atomic E-state index is 0.000668. The average Bonchev–Trinajstić information content (AvgIpc) is 2.36. The van der Waals surface area contributed by atoms with Gasteiger partial charge in [0.05, 0.1) is 16.6 Å². The number of para-hydroxylation sites is 1. The van der Waals surface area contributed by atoms with Crippen LogP contribution < -0.4 is 11.1 Å². The van der Waals surface area contributed by atoms with Crippen LogP contribution in [0.4, 0.5) is 0 Å². The largest absolute Gasteiger partial charge is 0.478 e. The van der Waals surface area contributed by atoms with Crippen molar-refractivity contribution in [2.24, 2.45) is 5.92 Å². The molecule has 6 nitrogen and oxygen atoms in total. The fraction of sp³-hybridized carbons (Fsp3) is 0.357. The van der Waals surface area contributed by atoms with Gasteiger partial charge in [0.1, 0.15) is 0 Å². The highest BCUT2D eigenvalue weighted by molar-refractivity contribution is 6.00. The molecular formula is C14H14N2O4. The highest BCUT2D eigenvalue weighted by atomic mass is 16.4. The third-order valence-electron chi connectivity index (χ3n) is 3.90. The van der Waals surface area contributed by atoms with Crippen LogP contribution in [0.15, 0.2) is 27.8 Å². The summed E-state index contributed by atoms with van der Waals surface area (Å²) in [5.74, 6) is -0.609. The Morgan fingerprint density at radius 1 is 1.35 bits per heavy atom. The lowest BCUT2D eigenvalue weighted by atomic mass is 9.81. The number of nitrogens with one attached hydrogen (secondary N) is 1. The molecule has 1 aliphatic rings. The van der Waals surface area contributed by atoms with Crippen molar-refractivity contribution >= 4 is 17.0 Å². The number of benzene rings is 1. The quantitative estimate of drug-likeness (QED) is 0.809. The molecule has 104 valence electrons. The molecule has 0 aliphatic heterocycles. The van der Waals surface area contributed by atoms with E-state index in [4.69, 9.17) is 0 Å². The maximum absolute atomic E-state index is 12.1. The number of nitrogens with zero attached hydrogens (tertiary/aromatic N) is 1. The molecule has 3 rings (SSSR count). The average molecular weight is 274 g/mol. The molecular weight excluding hydrogens is 260 g/mol. The summed E-state index contributed by atoms with van der Waals surface area (Å²) >= 11 is 0. The van der Waals surface area contributed by atoms with Crippen molar-refractivity contribution in [2.75, 3.05) is 0 Å². The molecule has 1 saturated carbocycles. The summed E-state index contributed by atoms with van der Waals surface area (Å²) in [6.07, 6.45) is 1.66. The first-order chi connectivity index (χ1) is 9.49. The van der Waals surface area contributed by atoms with Crippen LogP contribution >= 0.6 is 0 Å². The van der Waals surface area contributed by atoms with Gasteiger partial charge in [-0.15, -0.1) is 0 Å². The third-order valence-corrected chi connectivity index (χ3v) is 3.90. The summed E-state index contributed by atoms with van der Waals surface area (Å²) in [5.41, 5.74) is -0.695. The summed E-state index contributed by atoms with van der Waals surface area (Å²) < 4.78 is 1.45. The van der Waals surface area contributed by atoms with Crippen molar-refractivity contribution in [3.63, 3.8) is 0 Å². The molecule has 0 spiro atoms. The van der Waals surface area contributed by atoms with Crippen LogP contribution in [0.5, 0.6) is 0 Å². The minimum atomic E-state index is -1.13. The Hall–Kier alpha value is -2.37. The van der Waals surface area contributed by atoms with E-state index in [0.717, 1.165) is 12.8 Å². The van der Waals surface area contributed by atoms with E-state index >= 15 is 0 Å². The number of carbonyl (C=O) groups is 1. The Labute approximate surface area is 113 Å². The first-order valence-corrected chi connectivity index (χ1v) is 6.50. The summed E-state index contributed by atoms with van der Waals surface area (Å²) in [4.78, 5) is 37.5. The summed E-state index contributed by atoms with van der Waals surface area (Å²) in [7, 11) is 0. The van der Waals surface area contributed by atoms with Gasteiger partial charge in [-0.25, -0.2) is 4.79 Å². The maximum atomic E-state index is 12.1. The van der Waals surface area contributed by atoms with E-state index in [1.807, 2.05) is 0 Å². The fourth-order valence-corrected chi connectivity index (χ4v) is 2.87. The summed E-state index contributed by atoms with van der Waals surface area (Å²) in [5, 5.41) is 9.18. The fourth-order valence-electron chi connectivity index (χ4n) is 2.87. The topological polar surface area (TPSA) is 92.2 Å². The number of carboxylic acid groups (broad SMARTS) is 1. The molecule has 1 aliphatic carbocycles. The molecule has 1 fully saturated rings. The zero-order chi connectivity index (χ0) is 14.4. The molecule has 6 heteroatoms. The molecule has 2 aromatic rings. The second kappa shape index (κ2) is 4.33. The van der Waals surface area contributed by atoms with Crippen LogP contribution in [0.25, 0.3) is 11.0 Å². The third kappa shape index (κ3) is 1.76. The van der Waals surface area contributed by atoms with Gasteiger partial charge >= 0.3 is 17.1 Å². The number of rotatable bonds is 2. The smallest absolute Gasteiger partial charge is 0.337 e. The molecule has 1 aromatic carbocycles. The van der Waals surface area contributed by atoms with Gasteiger partial charge in [-0.2, -0.15) is 0 Å². The number of aromatic amines is 1. The molecule has 0 amide bonds. The van der Waals surface area contributed by atoms with E-state index in [2.05, 4.69) is 11.9 Å². The van der Waals surface area contributed by atoms with E-state index < -0.39 is 17.1 Å². The Kier molecular flexibility index (Phi) is 2.74. The first kappa shape index (κ1) is 12.7. The summed E-state index contributed by atoms with van der Waals surface area (Å²) in [6, 6.07) is 4.65. The van der Waals surface area contributed by atoms with E-state index in [1.165, 1.54) is 10.6 Å². The number of hydrogen-bond donors (Lipinski definition) is 2. The van der Waals surface area contributed by atoms with Gasteiger partial charge in [0.25, 0.3) is 0 Å². The first-order valence-electron chi connectivity index (χ1n) is 6.50. The molecule has 1 aromatic heterocycles. The van der Waals surface area contributed by atoms with Crippen LogP contribution in [0.3, 0.4) is 0 Å². The Morgan fingerprint density at radius 2 is 2.05 bits per heavy atom. The Morgan fingerprint density at radius 3 is 2.65 bits per heavy atom. The maximum Gasteiger partial charge on any atom is 0.337 e. The lowest BCUT2D eigenvalue weighted by Crippen LogP contribution is -2.41. The van der Waals surface area contributed by atoms with Gasteiger partial charge in [0, 0.05) is 6.04 Å². The Balaban J connectivity index is 2.36. The number of hydrogen-bond acceptors (Lipinski definition) is 3. The molecule has 0 bridgehead atoms. The molecule has 0 atom stereocenters. The van der Waals surface area contributed by atoms with Gasteiger partial charge in [0.15, 0.2) is 0 Å². The van der Waals surface area contributed by atoms with E-state index in [1.54, 1.807) is 12.1 Å². The zero-order valence-electron chi connectivity index (χ0n) is 10.9. The van der Waals surface area contributed by atoms with Crippen molar-refractivity contribution in [2.45, 2.75) is 25.8 Å². The number of fused-ring (bicyclic) bond motifs is 1. The van der Waals surface area contributed by atoms with Crippen LogP contribution in [-0.2, 0) is 0 Å². The molecule has 2 N–H and O–H groups in total. The van der Waals surface area contributed by atoms with E-state index in [9.17, 15) is 19.5 Å². The van der Waals surface area contributed by atoms with Crippen molar-refractivity contribution in [1.29, 1.82) is 0 Å². The molecule has 0 saturated heterocycles. The second-order valence-corrected chi connectivity index (χ2v) is 5.36. The van der Waals surface area contributed by atoms with Gasteiger partial charge in [-0.3, -0.25) is 14.2 Å². The molecule has 0 radical (unpaired) electrons. The van der Waals surface area contributed by atoms with Gasteiger partial charge in [-0.05, 0) is 30.9 Å². The molecule has 0 unspecified atom stereocenters. The molecule has 1 heterocycles. The predicted molar refractivity (Wildman–Crippen MR) is 73.2 cm³/mol. The van der Waals surface area contributed by atoms with Gasteiger partial charge in [0.2, 0.25) is 0 Å². The normalized spacial score (nSPS) is 21.6. The highest BCUT2D eigenvalue weighted by Gasteiger charge is 2.29. The van der Waals surface area contributed by atoms with Crippen LogP contribution in [-0.4, -0.2) is 20.6 Å². The van der Waals surface area contributed by atoms with Crippen molar-refractivity contribution in [3.8, 4) is 0 Å².